The second-order valence-corrected chi connectivity index (χ2v) is 11.7. The number of amides is 1. The molecule has 2 fully saturated rings. The van der Waals surface area contributed by atoms with Crippen molar-refractivity contribution >= 4 is 35.4 Å². The molecule has 0 bridgehead atoms. The van der Waals surface area contributed by atoms with Gasteiger partial charge in [0.2, 0.25) is 5.91 Å². The van der Waals surface area contributed by atoms with E-state index in [1.165, 1.54) is 18.3 Å². The Kier molecular flexibility index (Phi) is 13.0. The second kappa shape index (κ2) is 16.7. The van der Waals surface area contributed by atoms with Gasteiger partial charge in [-0.3, -0.25) is 4.79 Å². The summed E-state index contributed by atoms with van der Waals surface area (Å²) in [6.45, 7) is 6.50. The molecule has 1 unspecified atom stereocenters. The number of ether oxygens (including phenoxy) is 1. The van der Waals surface area contributed by atoms with Gasteiger partial charge in [0.15, 0.2) is 0 Å². The van der Waals surface area contributed by atoms with Crippen molar-refractivity contribution in [2.24, 2.45) is 5.92 Å². The Morgan fingerprint density at radius 3 is 2.83 bits per heavy atom. The van der Waals surface area contributed by atoms with Crippen molar-refractivity contribution in [2.75, 3.05) is 44.8 Å². The summed E-state index contributed by atoms with van der Waals surface area (Å²) in [4.78, 5) is 18.6. The van der Waals surface area contributed by atoms with E-state index in [0.717, 1.165) is 50.9 Å². The number of halogens is 2. The van der Waals surface area contributed by atoms with Gasteiger partial charge in [0, 0.05) is 55.0 Å². The van der Waals surface area contributed by atoms with Gasteiger partial charge in [-0.2, -0.15) is 0 Å². The average molecular weight is 594 g/mol. The Morgan fingerprint density at radius 2 is 2.05 bits per heavy atom. The Bertz CT molecular complexity index is 1060. The van der Waals surface area contributed by atoms with Crippen LogP contribution in [0.1, 0.15) is 62.5 Å². The number of carbonyl (C=O) groups is 1. The monoisotopic (exact) mass is 593 g/mol. The first-order valence-electron chi connectivity index (χ1n) is 14.4. The highest BCUT2D eigenvalue weighted by Gasteiger charge is 2.28. The molecular weight excluding hydrogens is 553 g/mol. The number of rotatable bonds is 13. The van der Waals surface area contributed by atoms with Gasteiger partial charge in [0.1, 0.15) is 18.0 Å². The summed E-state index contributed by atoms with van der Waals surface area (Å²) < 4.78 is 28.2. The molecule has 0 aromatic heterocycles. The summed E-state index contributed by atoms with van der Waals surface area (Å²) in [5, 5.41) is 7.18. The van der Waals surface area contributed by atoms with E-state index < -0.39 is 0 Å². The van der Waals surface area contributed by atoms with E-state index in [4.69, 9.17) is 25.6 Å². The molecule has 4 rings (SSSR count). The van der Waals surface area contributed by atoms with Crippen LogP contribution in [0.4, 0.5) is 10.1 Å². The highest BCUT2D eigenvalue weighted by Crippen LogP contribution is 2.36. The standard InChI is InChI=1S/C30H41ClFN3O4S/c1-2-17-38-39-40-35-16-4-15-33-21-25(35)11-12-26-28(32)5-3-6-29(26)34-30(36)20-27(23-13-18-37-19-14-23)22-7-9-24(31)10-8-22/h3,5-10,23,25,27,33H,2,4,11-21H2,1H3,(H,34,36)/t25-,27?/m0/s1. The van der Waals surface area contributed by atoms with E-state index in [1.807, 2.05) is 31.2 Å². The maximum Gasteiger partial charge on any atom is 0.225 e. The molecule has 7 nitrogen and oxygen atoms in total. The fraction of sp³-hybridized carbons (Fsp3) is 0.567. The quantitative estimate of drug-likeness (QED) is 0.0898. The lowest BCUT2D eigenvalue weighted by molar-refractivity contribution is -0.193. The first kappa shape index (κ1) is 31.2. The van der Waals surface area contributed by atoms with Crippen LogP contribution in [0.2, 0.25) is 5.02 Å². The van der Waals surface area contributed by atoms with Crippen LogP contribution in [0.5, 0.6) is 0 Å². The first-order chi connectivity index (χ1) is 19.5. The number of nitrogens with one attached hydrogen (secondary N) is 2. The molecule has 2 heterocycles. The molecule has 0 radical (unpaired) electrons. The molecule has 0 spiro atoms. The number of hydrogen-bond donors (Lipinski definition) is 2. The van der Waals surface area contributed by atoms with Crippen molar-refractivity contribution in [1.82, 2.24) is 9.62 Å². The van der Waals surface area contributed by atoms with Crippen molar-refractivity contribution in [3.05, 3.63) is 64.4 Å². The predicted molar refractivity (Wildman–Crippen MR) is 159 cm³/mol. The molecule has 2 aliphatic heterocycles. The van der Waals surface area contributed by atoms with E-state index in [0.29, 0.717) is 61.3 Å². The lowest BCUT2D eigenvalue weighted by Crippen LogP contribution is -2.36. The first-order valence-corrected chi connectivity index (χ1v) is 15.5. The van der Waals surface area contributed by atoms with Crippen molar-refractivity contribution in [2.45, 2.75) is 63.8 Å². The lowest BCUT2D eigenvalue weighted by Gasteiger charge is -2.30. The molecular formula is C30H41ClFN3O4S. The van der Waals surface area contributed by atoms with Gasteiger partial charge >= 0.3 is 0 Å². The average Bonchev–Trinajstić information content (AvgIpc) is 3.20. The second-order valence-electron chi connectivity index (χ2n) is 10.5. The van der Waals surface area contributed by atoms with Crippen molar-refractivity contribution < 1.29 is 23.1 Å². The highest BCUT2D eigenvalue weighted by molar-refractivity contribution is 7.92. The van der Waals surface area contributed by atoms with Gasteiger partial charge in [-0.15, -0.1) is 4.33 Å². The largest absolute Gasteiger partial charge is 0.381 e. The van der Waals surface area contributed by atoms with Gasteiger partial charge < -0.3 is 15.4 Å². The summed E-state index contributed by atoms with van der Waals surface area (Å²) in [5.41, 5.74) is 2.16. The predicted octanol–water partition coefficient (Wildman–Crippen LogP) is 6.54. The van der Waals surface area contributed by atoms with Gasteiger partial charge in [0.05, 0.1) is 6.61 Å². The summed E-state index contributed by atoms with van der Waals surface area (Å²) in [6, 6.07) is 12.8. The van der Waals surface area contributed by atoms with Crippen LogP contribution in [0.25, 0.3) is 0 Å². The number of hydrogen-bond acceptors (Lipinski definition) is 7. The third-order valence-electron chi connectivity index (χ3n) is 7.64. The van der Waals surface area contributed by atoms with Gasteiger partial charge in [-0.1, -0.05) is 36.7 Å². The van der Waals surface area contributed by atoms with E-state index in [2.05, 4.69) is 14.9 Å². The minimum Gasteiger partial charge on any atom is -0.381 e. The molecule has 0 aliphatic carbocycles. The minimum atomic E-state index is -0.306. The van der Waals surface area contributed by atoms with E-state index in [9.17, 15) is 4.79 Å². The molecule has 220 valence electrons. The maximum absolute atomic E-state index is 15.1. The molecule has 2 aromatic carbocycles. The molecule has 2 aliphatic rings. The van der Waals surface area contributed by atoms with Crippen LogP contribution in [0.15, 0.2) is 42.5 Å². The van der Waals surface area contributed by atoms with Gasteiger partial charge in [-0.25, -0.2) is 13.6 Å². The maximum atomic E-state index is 15.1. The van der Waals surface area contributed by atoms with Crippen LogP contribution >= 0.6 is 23.8 Å². The Morgan fingerprint density at radius 1 is 1.25 bits per heavy atom. The molecule has 1 amide bonds. The van der Waals surface area contributed by atoms with Crippen LogP contribution in [0, 0.1) is 11.7 Å². The molecule has 2 aromatic rings. The Hall–Kier alpha value is -1.72. The van der Waals surface area contributed by atoms with Gasteiger partial charge in [0.25, 0.3) is 0 Å². The van der Waals surface area contributed by atoms with Crippen LogP contribution in [-0.4, -0.2) is 55.7 Å². The Labute approximate surface area is 246 Å². The van der Waals surface area contributed by atoms with Gasteiger partial charge in [-0.05, 0) is 86.7 Å². The number of carbonyl (C=O) groups excluding carboxylic acids is 1. The van der Waals surface area contributed by atoms with E-state index in [1.54, 1.807) is 12.1 Å². The molecule has 40 heavy (non-hydrogen) atoms. The van der Waals surface area contributed by atoms with Crippen molar-refractivity contribution in [1.29, 1.82) is 0 Å². The third-order valence-corrected chi connectivity index (χ3v) is 8.72. The minimum absolute atomic E-state index is 0.0377. The SMILES string of the molecule is CCCOOSN1CCCNC[C@@H]1CCc1c(F)cccc1NC(=O)CC(c1ccc(Cl)cc1)C1CCOCC1. The van der Waals surface area contributed by atoms with Crippen LogP contribution < -0.4 is 10.6 Å². The van der Waals surface area contributed by atoms with Crippen LogP contribution in [-0.2, 0) is 25.2 Å². The molecule has 2 saturated heterocycles. The molecule has 2 N–H and O–H groups in total. The van der Waals surface area contributed by atoms with E-state index in [-0.39, 0.29) is 23.7 Å². The summed E-state index contributed by atoms with van der Waals surface area (Å²) >= 11 is 7.36. The fourth-order valence-electron chi connectivity index (χ4n) is 5.46. The Balaban J connectivity index is 1.42. The zero-order valence-corrected chi connectivity index (χ0v) is 24.8. The third kappa shape index (κ3) is 9.41. The van der Waals surface area contributed by atoms with Crippen LogP contribution in [0.3, 0.4) is 0 Å². The van der Waals surface area contributed by atoms with Crippen molar-refractivity contribution in [3.8, 4) is 0 Å². The fourth-order valence-corrected chi connectivity index (χ4v) is 6.28. The topological polar surface area (TPSA) is 72.1 Å². The number of nitrogens with zero attached hydrogens (tertiary/aromatic N) is 1. The summed E-state index contributed by atoms with van der Waals surface area (Å²) in [5.74, 6) is -0.0500. The summed E-state index contributed by atoms with van der Waals surface area (Å²) in [6.07, 6.45) is 5.19. The van der Waals surface area contributed by atoms with E-state index >= 15 is 4.39 Å². The molecule has 10 heteroatoms. The highest BCUT2D eigenvalue weighted by atomic mass is 35.5. The number of anilines is 1. The lowest BCUT2D eigenvalue weighted by atomic mass is 9.79. The zero-order valence-electron chi connectivity index (χ0n) is 23.2. The summed E-state index contributed by atoms with van der Waals surface area (Å²) in [7, 11) is 0. The zero-order chi connectivity index (χ0) is 28.2. The molecule has 2 atom stereocenters. The molecule has 0 saturated carbocycles. The smallest absolute Gasteiger partial charge is 0.225 e. The van der Waals surface area contributed by atoms with Crippen molar-refractivity contribution in [3.63, 3.8) is 0 Å². The number of benzene rings is 2. The normalized spacial score (nSPS) is 19.7.